The Morgan fingerprint density at radius 3 is 2.46 bits per heavy atom. The van der Waals surface area contributed by atoms with Gasteiger partial charge in [-0.2, -0.15) is 0 Å². The van der Waals surface area contributed by atoms with Gasteiger partial charge in [-0.1, -0.05) is 30.3 Å². The van der Waals surface area contributed by atoms with Gasteiger partial charge in [0.15, 0.2) is 0 Å². The van der Waals surface area contributed by atoms with Crippen LogP contribution in [-0.4, -0.2) is 29.0 Å². The summed E-state index contributed by atoms with van der Waals surface area (Å²) in [5.41, 5.74) is 5.21. The van der Waals surface area contributed by atoms with Gasteiger partial charge in [-0.15, -0.1) is 0 Å². The van der Waals surface area contributed by atoms with Gasteiger partial charge in [-0.3, -0.25) is 4.79 Å². The fourth-order valence-electron chi connectivity index (χ4n) is 3.68. The van der Waals surface area contributed by atoms with E-state index in [1.165, 1.54) is 0 Å². The molecule has 2 heterocycles. The normalized spacial score (nSPS) is 15.4. The van der Waals surface area contributed by atoms with Gasteiger partial charge in [0.2, 0.25) is 11.9 Å². The Morgan fingerprint density at radius 1 is 1.08 bits per heavy atom. The number of carbonyl (C=O) groups excluding carboxylic acids is 1. The zero-order chi connectivity index (χ0) is 18.1. The minimum Gasteiger partial charge on any atom is -0.342 e. The van der Waals surface area contributed by atoms with Crippen molar-refractivity contribution in [3.05, 3.63) is 53.6 Å². The molecule has 134 valence electrons. The highest BCUT2D eigenvalue weighted by Gasteiger charge is 2.26. The molecule has 0 atom stereocenters. The molecule has 5 heteroatoms. The molecule has 26 heavy (non-hydrogen) atoms. The van der Waals surface area contributed by atoms with Crippen LogP contribution in [0.2, 0.25) is 0 Å². The van der Waals surface area contributed by atoms with E-state index in [1.54, 1.807) is 0 Å². The lowest BCUT2D eigenvalue weighted by atomic mass is 9.95. The quantitative estimate of drug-likeness (QED) is 0.751. The smallest absolute Gasteiger partial charge is 0.227 e. The highest BCUT2D eigenvalue weighted by molar-refractivity contribution is 5.94. The van der Waals surface area contributed by atoms with Crippen LogP contribution in [0.5, 0.6) is 0 Å². The van der Waals surface area contributed by atoms with E-state index in [4.69, 9.17) is 0 Å². The van der Waals surface area contributed by atoms with Crippen LogP contribution < -0.4 is 10.2 Å². The Morgan fingerprint density at radius 2 is 1.77 bits per heavy atom. The molecule has 1 saturated heterocycles. The predicted octanol–water partition coefficient (Wildman–Crippen LogP) is 4.03. The molecule has 2 N–H and O–H groups in total. The lowest BCUT2D eigenvalue weighted by Crippen LogP contribution is -2.38. The van der Waals surface area contributed by atoms with Crippen LogP contribution in [0.3, 0.4) is 0 Å². The van der Waals surface area contributed by atoms with Crippen molar-refractivity contribution in [2.75, 3.05) is 23.3 Å². The molecule has 1 aromatic heterocycles. The number of piperidine rings is 1. The van der Waals surface area contributed by atoms with Crippen LogP contribution in [0.1, 0.15) is 24.0 Å². The summed E-state index contributed by atoms with van der Waals surface area (Å²) in [6.07, 6.45) is 1.68. The topological polar surface area (TPSA) is 61.0 Å². The number of benzene rings is 2. The number of para-hydroxylation sites is 3. The first-order valence-electron chi connectivity index (χ1n) is 9.18. The van der Waals surface area contributed by atoms with Gasteiger partial charge >= 0.3 is 0 Å². The summed E-state index contributed by atoms with van der Waals surface area (Å²) in [4.78, 5) is 23.0. The molecule has 1 aliphatic heterocycles. The minimum atomic E-state index is 0.0506. The lowest BCUT2D eigenvalue weighted by molar-refractivity contribution is -0.120. The summed E-state index contributed by atoms with van der Waals surface area (Å²) < 4.78 is 0. The molecule has 4 rings (SSSR count). The van der Waals surface area contributed by atoms with Gasteiger partial charge in [-0.05, 0) is 49.9 Å². The Hall–Kier alpha value is -2.82. The number of anilines is 2. The number of aryl methyl sites for hydroxylation is 2. The second kappa shape index (κ2) is 6.83. The van der Waals surface area contributed by atoms with E-state index in [9.17, 15) is 4.79 Å². The summed E-state index contributed by atoms with van der Waals surface area (Å²) in [5, 5.41) is 3.14. The first-order chi connectivity index (χ1) is 12.6. The van der Waals surface area contributed by atoms with Crippen LogP contribution in [0.25, 0.3) is 11.0 Å². The number of aromatic nitrogens is 2. The molecule has 0 saturated carbocycles. The van der Waals surface area contributed by atoms with Crippen molar-refractivity contribution < 1.29 is 4.79 Å². The fraction of sp³-hybridized carbons (Fsp3) is 0.333. The first kappa shape index (κ1) is 16.6. The summed E-state index contributed by atoms with van der Waals surface area (Å²) >= 11 is 0. The van der Waals surface area contributed by atoms with E-state index >= 15 is 0 Å². The highest BCUT2D eigenvalue weighted by atomic mass is 16.1. The molecule has 5 nitrogen and oxygen atoms in total. The third kappa shape index (κ3) is 3.17. The van der Waals surface area contributed by atoms with Gasteiger partial charge in [0.25, 0.3) is 0 Å². The first-order valence-corrected chi connectivity index (χ1v) is 9.18. The van der Waals surface area contributed by atoms with E-state index in [0.29, 0.717) is 0 Å². The third-order valence-corrected chi connectivity index (χ3v) is 5.27. The van der Waals surface area contributed by atoms with Crippen LogP contribution in [0, 0.1) is 19.8 Å². The summed E-state index contributed by atoms with van der Waals surface area (Å²) in [5.74, 6) is 1.08. The van der Waals surface area contributed by atoms with Crippen LogP contribution in [0.4, 0.5) is 11.6 Å². The molecular formula is C21H24N4O. The third-order valence-electron chi connectivity index (χ3n) is 5.27. The van der Waals surface area contributed by atoms with Crippen molar-refractivity contribution >= 4 is 28.6 Å². The van der Waals surface area contributed by atoms with E-state index in [2.05, 4.69) is 20.2 Å². The van der Waals surface area contributed by atoms with Crippen molar-refractivity contribution in [1.82, 2.24) is 9.97 Å². The number of nitrogens with zero attached hydrogens (tertiary/aromatic N) is 2. The average molecular weight is 348 g/mol. The molecule has 2 aromatic carbocycles. The second-order valence-corrected chi connectivity index (χ2v) is 7.09. The molecule has 3 aromatic rings. The minimum absolute atomic E-state index is 0.0506. The number of hydrogen-bond donors (Lipinski definition) is 2. The Bertz CT molecular complexity index is 885. The summed E-state index contributed by atoms with van der Waals surface area (Å²) in [6.45, 7) is 5.74. The fourth-order valence-corrected chi connectivity index (χ4v) is 3.68. The molecule has 1 fully saturated rings. The molecule has 0 bridgehead atoms. The van der Waals surface area contributed by atoms with Gasteiger partial charge in [0, 0.05) is 24.7 Å². The number of nitrogens with one attached hydrogen (secondary N) is 2. The van der Waals surface area contributed by atoms with Crippen molar-refractivity contribution in [2.24, 2.45) is 5.92 Å². The number of rotatable bonds is 3. The van der Waals surface area contributed by atoms with Crippen LogP contribution >= 0.6 is 0 Å². The molecule has 0 spiro atoms. The molecule has 1 amide bonds. The van der Waals surface area contributed by atoms with E-state index in [-0.39, 0.29) is 11.8 Å². The maximum Gasteiger partial charge on any atom is 0.227 e. The second-order valence-electron chi connectivity index (χ2n) is 7.09. The molecule has 1 aliphatic rings. The largest absolute Gasteiger partial charge is 0.342 e. The summed E-state index contributed by atoms with van der Waals surface area (Å²) in [7, 11) is 0. The number of amides is 1. The average Bonchev–Trinajstić information content (AvgIpc) is 3.09. The van der Waals surface area contributed by atoms with Crippen LogP contribution in [-0.2, 0) is 4.79 Å². The Kier molecular flexibility index (Phi) is 4.37. The number of aromatic amines is 1. The standard InChI is InChI=1S/C21H24N4O/c1-14-6-5-7-15(2)19(14)24-20(26)16-10-12-25(13-11-16)21-22-17-8-3-4-9-18(17)23-21/h3-9,16H,10-13H2,1-2H3,(H,22,23)(H,24,26). The van der Waals surface area contributed by atoms with Gasteiger partial charge < -0.3 is 15.2 Å². The van der Waals surface area contributed by atoms with Gasteiger partial charge in [0.05, 0.1) is 11.0 Å². The SMILES string of the molecule is Cc1cccc(C)c1NC(=O)C1CCN(c2nc3ccccc3[nH]2)CC1. The van der Waals surface area contributed by atoms with E-state index in [0.717, 1.165) is 59.7 Å². The van der Waals surface area contributed by atoms with Crippen molar-refractivity contribution in [3.63, 3.8) is 0 Å². The predicted molar refractivity (Wildman–Crippen MR) is 106 cm³/mol. The molecule has 0 unspecified atom stereocenters. The van der Waals surface area contributed by atoms with Crippen molar-refractivity contribution in [3.8, 4) is 0 Å². The van der Waals surface area contributed by atoms with Gasteiger partial charge in [-0.25, -0.2) is 4.98 Å². The zero-order valence-corrected chi connectivity index (χ0v) is 15.2. The maximum absolute atomic E-state index is 12.7. The molecule has 0 radical (unpaired) electrons. The molecule has 0 aliphatic carbocycles. The number of hydrogen-bond acceptors (Lipinski definition) is 3. The molecular weight excluding hydrogens is 324 g/mol. The number of carbonyl (C=O) groups is 1. The number of fused-ring (bicyclic) bond motifs is 1. The van der Waals surface area contributed by atoms with Crippen LogP contribution in [0.15, 0.2) is 42.5 Å². The van der Waals surface area contributed by atoms with Crippen molar-refractivity contribution in [1.29, 1.82) is 0 Å². The monoisotopic (exact) mass is 348 g/mol. The van der Waals surface area contributed by atoms with Crippen molar-refractivity contribution in [2.45, 2.75) is 26.7 Å². The lowest BCUT2D eigenvalue weighted by Gasteiger charge is -2.31. The summed E-state index contributed by atoms with van der Waals surface area (Å²) in [6, 6.07) is 14.1. The van der Waals surface area contributed by atoms with E-state index in [1.807, 2.05) is 56.3 Å². The Labute approximate surface area is 153 Å². The van der Waals surface area contributed by atoms with E-state index < -0.39 is 0 Å². The number of imidazole rings is 1. The zero-order valence-electron chi connectivity index (χ0n) is 15.2. The van der Waals surface area contributed by atoms with Gasteiger partial charge in [0.1, 0.15) is 0 Å². The number of H-pyrrole nitrogens is 1. The maximum atomic E-state index is 12.7. The highest BCUT2D eigenvalue weighted by Crippen LogP contribution is 2.26. The Balaban J connectivity index is 1.40.